The lowest BCUT2D eigenvalue weighted by Crippen LogP contribution is -1.95. The minimum absolute atomic E-state index is 1.06. The van der Waals surface area contributed by atoms with Crippen molar-refractivity contribution in [2.75, 3.05) is 0 Å². The summed E-state index contributed by atoms with van der Waals surface area (Å²) < 4.78 is 0. The van der Waals surface area contributed by atoms with E-state index in [-0.39, 0.29) is 0 Å². The van der Waals surface area contributed by atoms with E-state index in [0.29, 0.717) is 0 Å². The first-order valence-electron chi connectivity index (χ1n) is 9.11. The molecule has 0 saturated carbocycles. The Hall–Kier alpha value is -1.44. The number of aryl methyl sites for hydroxylation is 1. The Balaban J connectivity index is 1.59. The Morgan fingerprint density at radius 1 is 0.773 bits per heavy atom. The summed E-state index contributed by atoms with van der Waals surface area (Å²) in [7, 11) is 0. The summed E-state index contributed by atoms with van der Waals surface area (Å²) in [4.78, 5) is 0. The third kappa shape index (κ3) is 5.75. The minimum Gasteiger partial charge on any atom is -0.158 e. The molecule has 0 atom stereocenters. The molecule has 22 heavy (non-hydrogen) atoms. The van der Waals surface area contributed by atoms with Crippen molar-refractivity contribution < 1.29 is 0 Å². The van der Waals surface area contributed by atoms with E-state index in [0.717, 1.165) is 12.1 Å². The number of rotatable bonds is 11. The summed E-state index contributed by atoms with van der Waals surface area (Å²) >= 11 is 0. The van der Waals surface area contributed by atoms with E-state index in [4.69, 9.17) is 0 Å². The number of hydrogen-bond acceptors (Lipinski definition) is 2. The first kappa shape index (κ1) is 16.9. The summed E-state index contributed by atoms with van der Waals surface area (Å²) in [5.41, 5.74) is 1.16. The molecule has 0 amide bonds. The lowest BCUT2D eigenvalue weighted by molar-refractivity contribution is 0.555. The summed E-state index contributed by atoms with van der Waals surface area (Å²) in [6.07, 6.45) is 16.7. The van der Waals surface area contributed by atoms with E-state index in [1.54, 1.807) is 0 Å². The van der Waals surface area contributed by atoms with Crippen LogP contribution in [0.1, 0.15) is 76.8 Å². The highest BCUT2D eigenvalue weighted by Crippen LogP contribution is 2.18. The normalized spacial score (nSPS) is 11.1. The van der Waals surface area contributed by atoms with Gasteiger partial charge in [0.2, 0.25) is 0 Å². The molecule has 120 valence electrons. The SMILES string of the molecule is CCCCCCCCCCCCc1nncc2ccccc12. The molecule has 0 aliphatic carbocycles. The van der Waals surface area contributed by atoms with Crippen LogP contribution in [0.15, 0.2) is 30.5 Å². The van der Waals surface area contributed by atoms with Crippen molar-refractivity contribution in [3.63, 3.8) is 0 Å². The van der Waals surface area contributed by atoms with Gasteiger partial charge >= 0.3 is 0 Å². The summed E-state index contributed by atoms with van der Waals surface area (Å²) in [6.45, 7) is 2.28. The van der Waals surface area contributed by atoms with Crippen molar-refractivity contribution in [3.8, 4) is 0 Å². The molecule has 0 N–H and O–H groups in total. The Labute approximate surface area is 135 Å². The summed E-state index contributed by atoms with van der Waals surface area (Å²) in [6, 6.07) is 8.43. The van der Waals surface area contributed by atoms with E-state index in [1.807, 2.05) is 6.20 Å². The maximum Gasteiger partial charge on any atom is 0.0709 e. The highest BCUT2D eigenvalue weighted by atomic mass is 15.1. The number of hydrogen-bond donors (Lipinski definition) is 0. The van der Waals surface area contributed by atoms with Gasteiger partial charge in [0.05, 0.1) is 11.9 Å². The largest absolute Gasteiger partial charge is 0.158 e. The Kier molecular flexibility index (Phi) is 7.93. The lowest BCUT2D eigenvalue weighted by Gasteiger charge is -2.05. The van der Waals surface area contributed by atoms with Gasteiger partial charge < -0.3 is 0 Å². The molecule has 2 aromatic rings. The quantitative estimate of drug-likeness (QED) is 0.469. The van der Waals surface area contributed by atoms with Crippen LogP contribution in [-0.4, -0.2) is 10.2 Å². The van der Waals surface area contributed by atoms with Crippen LogP contribution in [0.4, 0.5) is 0 Å². The molecule has 1 aromatic heterocycles. The first-order chi connectivity index (χ1) is 10.9. The van der Waals surface area contributed by atoms with Crippen LogP contribution in [-0.2, 0) is 6.42 Å². The van der Waals surface area contributed by atoms with E-state index >= 15 is 0 Å². The Morgan fingerprint density at radius 3 is 2.14 bits per heavy atom. The van der Waals surface area contributed by atoms with Gasteiger partial charge in [-0.1, -0.05) is 89.0 Å². The van der Waals surface area contributed by atoms with Crippen molar-refractivity contribution >= 4 is 10.8 Å². The molecule has 0 radical (unpaired) electrons. The van der Waals surface area contributed by atoms with Crippen LogP contribution in [0.2, 0.25) is 0 Å². The molecule has 0 spiro atoms. The van der Waals surface area contributed by atoms with Gasteiger partial charge in [0, 0.05) is 10.8 Å². The molecule has 0 aliphatic rings. The van der Waals surface area contributed by atoms with Crippen molar-refractivity contribution in [1.29, 1.82) is 0 Å². The number of aromatic nitrogens is 2. The molecule has 0 fully saturated rings. The van der Waals surface area contributed by atoms with Crippen molar-refractivity contribution in [1.82, 2.24) is 10.2 Å². The molecule has 1 aromatic carbocycles. The molecule has 2 heteroatoms. The zero-order valence-corrected chi connectivity index (χ0v) is 14.1. The fraction of sp³-hybridized carbons (Fsp3) is 0.600. The van der Waals surface area contributed by atoms with E-state index in [2.05, 4.69) is 41.4 Å². The second-order valence-corrected chi connectivity index (χ2v) is 6.31. The Bertz CT molecular complexity index is 531. The molecule has 2 rings (SSSR count). The number of unbranched alkanes of at least 4 members (excludes halogenated alkanes) is 9. The van der Waals surface area contributed by atoms with E-state index in [9.17, 15) is 0 Å². The van der Waals surface area contributed by atoms with Gasteiger partial charge in [-0.15, -0.1) is 0 Å². The molecule has 0 saturated heterocycles. The van der Waals surface area contributed by atoms with Crippen molar-refractivity contribution in [2.24, 2.45) is 0 Å². The summed E-state index contributed by atoms with van der Waals surface area (Å²) in [5, 5.41) is 10.9. The molecular formula is C20H30N2. The average Bonchev–Trinajstić information content (AvgIpc) is 2.56. The van der Waals surface area contributed by atoms with Crippen LogP contribution in [0.25, 0.3) is 10.8 Å². The fourth-order valence-electron chi connectivity index (χ4n) is 3.05. The average molecular weight is 298 g/mol. The second-order valence-electron chi connectivity index (χ2n) is 6.31. The predicted octanol–water partition coefficient (Wildman–Crippen LogP) is 6.09. The molecule has 0 unspecified atom stereocenters. The third-order valence-corrected chi connectivity index (χ3v) is 4.41. The third-order valence-electron chi connectivity index (χ3n) is 4.41. The number of fused-ring (bicyclic) bond motifs is 1. The molecule has 2 nitrogen and oxygen atoms in total. The molecule has 0 aliphatic heterocycles. The first-order valence-corrected chi connectivity index (χ1v) is 9.11. The lowest BCUT2D eigenvalue weighted by atomic mass is 10.0. The molecule has 1 heterocycles. The van der Waals surface area contributed by atoms with Gasteiger partial charge in [0.15, 0.2) is 0 Å². The smallest absolute Gasteiger partial charge is 0.0709 e. The Morgan fingerprint density at radius 2 is 1.41 bits per heavy atom. The fourth-order valence-corrected chi connectivity index (χ4v) is 3.05. The van der Waals surface area contributed by atoms with Crippen LogP contribution in [0, 0.1) is 0 Å². The predicted molar refractivity (Wildman–Crippen MR) is 95.1 cm³/mol. The van der Waals surface area contributed by atoms with Crippen molar-refractivity contribution in [2.45, 2.75) is 77.6 Å². The van der Waals surface area contributed by atoms with E-state index < -0.39 is 0 Å². The van der Waals surface area contributed by atoms with Gasteiger partial charge in [-0.05, 0) is 12.8 Å². The topological polar surface area (TPSA) is 25.8 Å². The van der Waals surface area contributed by atoms with E-state index in [1.165, 1.54) is 75.0 Å². The minimum atomic E-state index is 1.06. The van der Waals surface area contributed by atoms with Crippen LogP contribution >= 0.6 is 0 Å². The molecule has 0 bridgehead atoms. The maximum atomic E-state index is 4.33. The zero-order valence-electron chi connectivity index (χ0n) is 14.1. The monoisotopic (exact) mass is 298 g/mol. The second kappa shape index (κ2) is 10.3. The van der Waals surface area contributed by atoms with Gasteiger partial charge in [-0.2, -0.15) is 10.2 Å². The van der Waals surface area contributed by atoms with Gasteiger partial charge in [0.1, 0.15) is 0 Å². The van der Waals surface area contributed by atoms with Gasteiger partial charge in [-0.25, -0.2) is 0 Å². The van der Waals surface area contributed by atoms with Gasteiger partial charge in [-0.3, -0.25) is 0 Å². The van der Waals surface area contributed by atoms with Crippen LogP contribution < -0.4 is 0 Å². The molecular weight excluding hydrogens is 268 g/mol. The maximum absolute atomic E-state index is 4.33. The van der Waals surface area contributed by atoms with Gasteiger partial charge in [0.25, 0.3) is 0 Å². The highest BCUT2D eigenvalue weighted by Gasteiger charge is 2.02. The van der Waals surface area contributed by atoms with Crippen molar-refractivity contribution in [3.05, 3.63) is 36.2 Å². The van der Waals surface area contributed by atoms with Crippen LogP contribution in [0.3, 0.4) is 0 Å². The zero-order chi connectivity index (χ0) is 15.5. The number of benzene rings is 1. The highest BCUT2D eigenvalue weighted by molar-refractivity contribution is 5.83. The standard InChI is InChI=1S/C20H30N2/c1-2-3-4-5-6-7-8-9-10-11-16-20-19-15-13-12-14-18(19)17-21-22-20/h12-15,17H,2-11,16H2,1H3. The van der Waals surface area contributed by atoms with Crippen LogP contribution in [0.5, 0.6) is 0 Å². The number of nitrogens with zero attached hydrogens (tertiary/aromatic N) is 2. The summed E-state index contributed by atoms with van der Waals surface area (Å²) in [5.74, 6) is 0.